The molecule has 4 heterocycles. The highest BCUT2D eigenvalue weighted by molar-refractivity contribution is 7.00. The maximum atomic E-state index is 11.3. The van der Waals surface area contributed by atoms with Gasteiger partial charge in [-0.05, 0) is 267 Å². The van der Waals surface area contributed by atoms with Crippen molar-refractivity contribution in [1.82, 2.24) is 9.13 Å². The highest BCUT2D eigenvalue weighted by Gasteiger charge is 2.47. The number of aromatic nitrogens is 2. The van der Waals surface area contributed by atoms with E-state index in [4.69, 9.17) is 0 Å². The second-order valence-corrected chi connectivity index (χ2v) is 46.1. The monoisotopic (exact) mass is 1640 g/mol. The molecule has 0 bridgehead atoms. The Hall–Kier alpha value is -10.9. The Bertz CT molecular complexity index is 6760. The van der Waals surface area contributed by atoms with E-state index in [9.17, 15) is 13.7 Å². The fourth-order valence-electron chi connectivity index (χ4n) is 19.5. The highest BCUT2D eigenvalue weighted by atomic mass is 15.2. The predicted molar refractivity (Wildman–Crippen MR) is 541 cm³/mol. The summed E-state index contributed by atoms with van der Waals surface area (Å²) in [5.74, 6) is 0. The van der Waals surface area contributed by atoms with Gasteiger partial charge in [0.05, 0.1) is 44.4 Å². The Morgan fingerprint density at radius 2 is 0.589 bits per heavy atom. The summed E-state index contributed by atoms with van der Waals surface area (Å²) in [5, 5.41) is 2.29. The largest absolute Gasteiger partial charge is 0.310 e. The van der Waals surface area contributed by atoms with Gasteiger partial charge in [0.15, 0.2) is 0 Å². The van der Waals surface area contributed by atoms with Crippen molar-refractivity contribution in [2.45, 2.75) is 241 Å². The van der Waals surface area contributed by atoms with E-state index >= 15 is 0 Å². The van der Waals surface area contributed by atoms with Gasteiger partial charge in [-0.25, -0.2) is 0 Å². The van der Waals surface area contributed by atoms with Gasteiger partial charge in [-0.2, -0.15) is 0 Å². The number of hydrogen-bond acceptors (Lipinski definition) is 2. The lowest BCUT2D eigenvalue weighted by Gasteiger charge is -2.46. The molecule has 2 aliphatic rings. The van der Waals surface area contributed by atoms with Crippen molar-refractivity contribution in [3.8, 4) is 55.9 Å². The summed E-state index contributed by atoms with van der Waals surface area (Å²) in [5.41, 5.74) is 25.4. The van der Waals surface area contributed by atoms with Crippen molar-refractivity contribution in [2.75, 3.05) is 9.80 Å². The van der Waals surface area contributed by atoms with Gasteiger partial charge in [0, 0.05) is 80.7 Å². The molecule has 0 saturated heterocycles. The molecule has 0 atom stereocenters. The lowest BCUT2D eigenvalue weighted by Crippen LogP contribution is -2.61. The quantitative estimate of drug-likeness (QED) is 0.107. The fraction of sp³-hybridized carbons (Fsp3) is 0.345. The number of nitrogens with zero attached hydrogens (tertiary/aromatic N) is 4. The minimum Gasteiger partial charge on any atom is -0.310 e. The first-order chi connectivity index (χ1) is 62.2. The number of rotatable bonds is 13. The molecule has 17 rings (SSSR count). The third-order valence-corrected chi connectivity index (χ3v) is 24.9. The van der Waals surface area contributed by atoms with E-state index < -0.39 is 18.5 Å². The van der Waals surface area contributed by atoms with Crippen LogP contribution in [0.5, 0.6) is 0 Å². The third kappa shape index (κ3) is 16.7. The van der Waals surface area contributed by atoms with Gasteiger partial charge in [-0.1, -0.05) is 345 Å². The molecular weight excluding hydrogens is 1500 g/mol. The van der Waals surface area contributed by atoms with Crippen LogP contribution in [0.3, 0.4) is 0 Å². The van der Waals surface area contributed by atoms with E-state index in [-0.39, 0.29) is 91.7 Å². The van der Waals surface area contributed by atoms with Crippen LogP contribution in [0.1, 0.15) is 251 Å². The van der Waals surface area contributed by atoms with Crippen molar-refractivity contribution >= 4 is 101 Å². The average Bonchev–Trinajstić information content (AvgIpc) is 0.685. The van der Waals surface area contributed by atoms with Crippen LogP contribution < -0.4 is 26.2 Å². The Morgan fingerprint density at radius 1 is 0.274 bits per heavy atom. The SMILES string of the molecule is [2H]c1c([2H])c([2H])c2c(c1[2H])c1cc(CC(C)(C)C)ccc1n2-c1ccc2c(c1)N(c1c(-c3cccc(C(C)(C)C)c3)cc(CC(C)(C)C)cc1-c1cccc(C(C)(C)C)c1)c1cc(C([2H])([2H])C(C)(C)C)cc3c1B2c1ccc(-n2c4ccc(CC(C)(C)C)cc4c4c([2H])c([2H])c([2H])c([2H])c42)cc1N3c1c(-c2cccc(C(C)(C)C)c2)cc(CC(C)(C)C)cc1-c1cccc(C(C)(C)C)c1. The number of hydrogen-bond donors (Lipinski definition) is 0. The molecule has 0 fully saturated rings. The van der Waals surface area contributed by atoms with Gasteiger partial charge in [0.1, 0.15) is 0 Å². The fourth-order valence-corrected chi connectivity index (χ4v) is 19.5. The van der Waals surface area contributed by atoms with E-state index in [1.807, 2.05) is 20.8 Å². The van der Waals surface area contributed by atoms with Crippen molar-refractivity contribution in [1.29, 1.82) is 0 Å². The molecule has 0 saturated carbocycles. The van der Waals surface area contributed by atoms with E-state index in [2.05, 4.69) is 391 Å². The minimum atomic E-state index is -2.10. The number of fused-ring (bicyclic) bond motifs is 10. The van der Waals surface area contributed by atoms with Crippen molar-refractivity contribution in [2.24, 2.45) is 27.1 Å². The van der Waals surface area contributed by atoms with Gasteiger partial charge in [0.25, 0.3) is 6.71 Å². The zero-order valence-electron chi connectivity index (χ0n) is 88.8. The topological polar surface area (TPSA) is 16.3 Å². The second kappa shape index (κ2) is 30.5. The molecule has 0 unspecified atom stereocenters. The first-order valence-corrected chi connectivity index (χ1v) is 45.1. The molecule has 15 aromatic rings. The molecule has 5 heteroatoms. The standard InChI is InChI=1S/C119H133BN4/c1-111(2,3)70-75-48-54-102-96(56-75)90-44-28-30-46-100(90)121(102)88-50-52-98-104(68-88)123(109-92(80-36-32-40-84(64-80)116(16,17)18)58-77(72-113(7,8)9)59-93(109)81-37-33-41-85(65-81)117(19,20)21)106-62-79(74-115(13,14)15)63-107-108(106)120(98)99-53-51-89(122-101-47-31-29-45-91(101)97-57-76(49-55-103(97)122)71-112(4,5)6)69-105(99)124(107)110-94(82-38-34-42-86(66-82)118(22,23)24)60-78(73-114(10,11)12)61-95(110)83-39-35-43-87(67-83)119(25,26)27/h28-69H,70-74H2,1-27H3/i28D,29D,30D,31D,44D,45D,46D,47D,74D2. The summed E-state index contributed by atoms with van der Waals surface area (Å²) in [6, 6.07) is 74.6. The van der Waals surface area contributed by atoms with Gasteiger partial charge in [-0.15, -0.1) is 0 Å². The van der Waals surface area contributed by atoms with Crippen LogP contribution in [-0.2, 0) is 53.7 Å². The molecule has 0 amide bonds. The Morgan fingerprint density at radius 3 is 0.895 bits per heavy atom. The van der Waals surface area contributed by atoms with Gasteiger partial charge >= 0.3 is 0 Å². The molecule has 0 N–H and O–H groups in total. The van der Waals surface area contributed by atoms with Crippen LogP contribution in [0.2, 0.25) is 0 Å². The Labute approximate surface area is 757 Å². The summed E-state index contributed by atoms with van der Waals surface area (Å²) in [7, 11) is 0. The zero-order chi connectivity index (χ0) is 97.2. The summed E-state index contributed by atoms with van der Waals surface area (Å²) in [6.07, 6.45) is 0.789. The van der Waals surface area contributed by atoms with E-state index in [0.717, 1.165) is 165 Å². The van der Waals surface area contributed by atoms with E-state index in [1.54, 1.807) is 0 Å². The lowest BCUT2D eigenvalue weighted by atomic mass is 9.33. The summed E-state index contributed by atoms with van der Waals surface area (Å²) >= 11 is 0. The third-order valence-electron chi connectivity index (χ3n) is 24.9. The molecule has 0 radical (unpaired) electrons. The molecule has 4 nitrogen and oxygen atoms in total. The molecule has 0 spiro atoms. The molecular formula is C119H133BN4. The maximum Gasteiger partial charge on any atom is 0.252 e. The minimum absolute atomic E-state index is 0.118. The first kappa shape index (κ1) is 73.5. The smallest absolute Gasteiger partial charge is 0.252 e. The zero-order valence-corrected chi connectivity index (χ0v) is 78.8. The maximum absolute atomic E-state index is 11.3. The first-order valence-electron chi connectivity index (χ1n) is 50.1. The summed E-state index contributed by atoms with van der Waals surface area (Å²) in [4.78, 5) is 4.98. The van der Waals surface area contributed by atoms with Crippen molar-refractivity contribution < 1.29 is 13.7 Å². The van der Waals surface area contributed by atoms with Crippen LogP contribution >= 0.6 is 0 Å². The van der Waals surface area contributed by atoms with Gasteiger partial charge in [-0.3, -0.25) is 0 Å². The van der Waals surface area contributed by atoms with Crippen LogP contribution in [0, 0.1) is 27.1 Å². The molecule has 632 valence electrons. The van der Waals surface area contributed by atoms with Gasteiger partial charge < -0.3 is 18.9 Å². The molecule has 2 aliphatic heterocycles. The predicted octanol–water partition coefficient (Wildman–Crippen LogP) is 31.8. The van der Waals surface area contributed by atoms with Crippen molar-refractivity contribution in [3.05, 3.63) is 305 Å². The van der Waals surface area contributed by atoms with E-state index in [1.165, 1.54) is 0 Å². The number of anilines is 6. The second-order valence-electron chi connectivity index (χ2n) is 46.1. The summed E-state index contributed by atoms with van der Waals surface area (Å²) < 4.78 is 105. The molecule has 2 aromatic heterocycles. The normalized spacial score (nSPS) is 15.0. The van der Waals surface area contributed by atoms with Crippen LogP contribution in [0.4, 0.5) is 34.1 Å². The molecule has 13 aromatic carbocycles. The van der Waals surface area contributed by atoms with Crippen molar-refractivity contribution in [3.63, 3.8) is 0 Å². The highest BCUT2D eigenvalue weighted by Crippen LogP contribution is 2.56. The summed E-state index contributed by atoms with van der Waals surface area (Å²) in [6.45, 7) is 59.7. The van der Waals surface area contributed by atoms with Crippen LogP contribution in [0.25, 0.3) is 99.5 Å². The van der Waals surface area contributed by atoms with E-state index in [0.29, 0.717) is 60.5 Å². The number of para-hydroxylation sites is 2. The molecule has 124 heavy (non-hydrogen) atoms. The Kier molecular flexibility index (Phi) is 18.1. The van der Waals surface area contributed by atoms with Crippen LogP contribution in [0.15, 0.2) is 255 Å². The molecule has 0 aliphatic carbocycles. The Balaban J connectivity index is 1.14. The van der Waals surface area contributed by atoms with Gasteiger partial charge in [0.2, 0.25) is 0 Å². The number of benzene rings is 13. The lowest BCUT2D eigenvalue weighted by molar-refractivity contribution is 0.411. The average molecular weight is 1640 g/mol. The van der Waals surface area contributed by atoms with Crippen LogP contribution in [-0.4, -0.2) is 15.8 Å².